The molecule has 1 aromatic carbocycles. The maximum absolute atomic E-state index is 5.64. The molecule has 1 N–H and O–H groups in total. The fourth-order valence-corrected chi connectivity index (χ4v) is 1.94. The normalized spacial score (nSPS) is 10.2. The van der Waals surface area contributed by atoms with E-state index >= 15 is 0 Å². The first-order valence-electron chi connectivity index (χ1n) is 6.18. The lowest BCUT2D eigenvalue weighted by atomic mass is 10.3. The lowest BCUT2D eigenvalue weighted by molar-refractivity contribution is 0.360. The molecule has 20 heavy (non-hydrogen) atoms. The molecular formula is C13H15IN4O2. The summed E-state index contributed by atoms with van der Waals surface area (Å²) in [5, 5.41) is 3.08. The Bertz CT molecular complexity index is 580. The molecule has 1 aromatic heterocycles. The summed E-state index contributed by atoms with van der Waals surface area (Å²) in [5.41, 5.74) is 0. The maximum Gasteiger partial charge on any atom is 0.330 e. The summed E-state index contributed by atoms with van der Waals surface area (Å²) in [5.74, 6) is 1.12. The summed E-state index contributed by atoms with van der Waals surface area (Å²) in [6.07, 6.45) is 0.973. The van der Waals surface area contributed by atoms with E-state index in [-0.39, 0.29) is 12.0 Å². The van der Waals surface area contributed by atoms with E-state index < -0.39 is 0 Å². The molecule has 2 aromatic rings. The Balaban J connectivity index is 2.21. The molecule has 0 aliphatic rings. The average Bonchev–Trinajstić information content (AvgIpc) is 2.45. The molecule has 106 valence electrons. The maximum atomic E-state index is 5.64. The zero-order valence-corrected chi connectivity index (χ0v) is 13.4. The van der Waals surface area contributed by atoms with E-state index in [1.54, 1.807) is 0 Å². The molecular weight excluding hydrogens is 371 g/mol. The van der Waals surface area contributed by atoms with Gasteiger partial charge in [-0.1, -0.05) is 13.0 Å². The van der Waals surface area contributed by atoms with Crippen molar-refractivity contribution in [3.05, 3.63) is 27.8 Å². The van der Waals surface area contributed by atoms with Gasteiger partial charge in [0.2, 0.25) is 5.95 Å². The first-order chi connectivity index (χ1) is 9.71. The van der Waals surface area contributed by atoms with Crippen molar-refractivity contribution in [2.75, 3.05) is 19.0 Å². The van der Waals surface area contributed by atoms with Crippen molar-refractivity contribution in [3.8, 4) is 17.8 Å². The molecule has 0 saturated heterocycles. The van der Waals surface area contributed by atoms with Gasteiger partial charge in [-0.25, -0.2) is 0 Å². The molecule has 0 radical (unpaired) electrons. The highest BCUT2D eigenvalue weighted by Crippen LogP contribution is 2.22. The number of methoxy groups -OCH3 is 1. The van der Waals surface area contributed by atoms with Gasteiger partial charge in [0.15, 0.2) is 0 Å². The lowest BCUT2D eigenvalue weighted by Crippen LogP contribution is -2.07. The quantitative estimate of drug-likeness (QED) is 0.770. The van der Waals surface area contributed by atoms with Gasteiger partial charge < -0.3 is 14.8 Å². The predicted molar refractivity (Wildman–Crippen MR) is 84.4 cm³/mol. The van der Waals surface area contributed by atoms with E-state index in [9.17, 15) is 0 Å². The van der Waals surface area contributed by atoms with Crippen LogP contribution in [0.4, 0.5) is 5.95 Å². The topological polar surface area (TPSA) is 69.2 Å². The Hall–Kier alpha value is -1.64. The van der Waals surface area contributed by atoms with Crippen LogP contribution in [0.25, 0.3) is 0 Å². The summed E-state index contributed by atoms with van der Waals surface area (Å²) in [6.45, 7) is 2.84. The summed E-state index contributed by atoms with van der Waals surface area (Å²) >= 11 is 2.22. The van der Waals surface area contributed by atoms with Crippen molar-refractivity contribution < 1.29 is 9.47 Å². The van der Waals surface area contributed by atoms with Crippen LogP contribution in [0.2, 0.25) is 0 Å². The largest absolute Gasteiger partial charge is 0.467 e. The zero-order valence-electron chi connectivity index (χ0n) is 11.3. The Kier molecular flexibility index (Phi) is 5.33. The zero-order chi connectivity index (χ0) is 14.4. The number of hydrogen-bond acceptors (Lipinski definition) is 6. The van der Waals surface area contributed by atoms with Gasteiger partial charge in [-0.15, -0.1) is 4.98 Å². The highest BCUT2D eigenvalue weighted by molar-refractivity contribution is 14.1. The molecule has 1 heterocycles. The van der Waals surface area contributed by atoms with Gasteiger partial charge in [0.05, 0.1) is 7.11 Å². The Morgan fingerprint density at radius 2 is 2.00 bits per heavy atom. The second-order valence-corrected chi connectivity index (χ2v) is 5.16. The number of halogens is 1. The molecule has 0 unspecified atom stereocenters. The van der Waals surface area contributed by atoms with Crippen molar-refractivity contribution in [2.45, 2.75) is 13.3 Å². The van der Waals surface area contributed by atoms with E-state index in [2.05, 4.69) is 49.8 Å². The van der Waals surface area contributed by atoms with E-state index in [1.165, 1.54) is 7.11 Å². The first kappa shape index (κ1) is 14.8. The Morgan fingerprint density at radius 3 is 2.70 bits per heavy atom. The number of benzene rings is 1. The highest BCUT2D eigenvalue weighted by Gasteiger charge is 2.08. The van der Waals surface area contributed by atoms with Crippen molar-refractivity contribution in [1.29, 1.82) is 0 Å². The summed E-state index contributed by atoms with van der Waals surface area (Å²) < 4.78 is 11.8. The van der Waals surface area contributed by atoms with Gasteiger partial charge in [0, 0.05) is 10.1 Å². The third kappa shape index (κ3) is 4.19. The first-order valence-corrected chi connectivity index (χ1v) is 7.26. The van der Waals surface area contributed by atoms with Crippen LogP contribution in [0.1, 0.15) is 13.3 Å². The Morgan fingerprint density at radius 1 is 1.20 bits per heavy atom. The van der Waals surface area contributed by atoms with Gasteiger partial charge in [-0.3, -0.25) is 0 Å². The average molecular weight is 386 g/mol. The van der Waals surface area contributed by atoms with Crippen molar-refractivity contribution >= 4 is 28.5 Å². The summed E-state index contributed by atoms with van der Waals surface area (Å²) in [4.78, 5) is 12.4. The smallest absolute Gasteiger partial charge is 0.330 e. The van der Waals surface area contributed by atoms with E-state index in [0.29, 0.717) is 11.7 Å². The SMILES string of the molecule is CCCNc1nc(OC)nc(Oc2cccc(I)c2)n1. The van der Waals surface area contributed by atoms with Crippen LogP contribution in [-0.4, -0.2) is 28.6 Å². The van der Waals surface area contributed by atoms with Crippen LogP contribution in [0.5, 0.6) is 17.8 Å². The van der Waals surface area contributed by atoms with Crippen LogP contribution >= 0.6 is 22.6 Å². The molecule has 7 heteroatoms. The number of aromatic nitrogens is 3. The third-order valence-electron chi connectivity index (χ3n) is 2.32. The minimum absolute atomic E-state index is 0.206. The third-order valence-corrected chi connectivity index (χ3v) is 2.99. The number of hydrogen-bond donors (Lipinski definition) is 1. The molecule has 6 nitrogen and oxygen atoms in total. The fraction of sp³-hybridized carbons (Fsp3) is 0.308. The molecule has 2 rings (SSSR count). The van der Waals surface area contributed by atoms with Gasteiger partial charge in [0.1, 0.15) is 5.75 Å². The molecule has 0 fully saturated rings. The standard InChI is InChI=1S/C13H15IN4O2/c1-3-7-15-11-16-12(19-2)18-13(17-11)20-10-6-4-5-9(14)8-10/h4-6,8H,3,7H2,1-2H3,(H,15,16,17,18). The molecule has 0 amide bonds. The molecule has 0 spiro atoms. The van der Waals surface area contributed by atoms with Crippen LogP contribution in [0, 0.1) is 3.57 Å². The number of rotatable bonds is 6. The highest BCUT2D eigenvalue weighted by atomic mass is 127. The molecule has 0 atom stereocenters. The number of anilines is 1. The van der Waals surface area contributed by atoms with Gasteiger partial charge in [-0.2, -0.15) is 9.97 Å². The monoisotopic (exact) mass is 386 g/mol. The van der Waals surface area contributed by atoms with Gasteiger partial charge in [0.25, 0.3) is 0 Å². The Labute approximate surface area is 131 Å². The second kappa shape index (κ2) is 7.22. The minimum atomic E-state index is 0.206. The molecule has 0 aliphatic heterocycles. The second-order valence-electron chi connectivity index (χ2n) is 3.91. The van der Waals surface area contributed by atoms with Crippen molar-refractivity contribution in [1.82, 2.24) is 15.0 Å². The van der Waals surface area contributed by atoms with Crippen LogP contribution in [-0.2, 0) is 0 Å². The predicted octanol–water partition coefficient (Wildman–Crippen LogP) is 3.10. The molecule has 0 aliphatic carbocycles. The van der Waals surface area contributed by atoms with Crippen LogP contribution < -0.4 is 14.8 Å². The van der Waals surface area contributed by atoms with E-state index in [0.717, 1.165) is 16.5 Å². The fourth-order valence-electron chi connectivity index (χ4n) is 1.43. The lowest BCUT2D eigenvalue weighted by Gasteiger charge is -2.08. The van der Waals surface area contributed by atoms with E-state index in [4.69, 9.17) is 9.47 Å². The van der Waals surface area contributed by atoms with E-state index in [1.807, 2.05) is 24.3 Å². The van der Waals surface area contributed by atoms with Gasteiger partial charge in [-0.05, 0) is 47.2 Å². The summed E-state index contributed by atoms with van der Waals surface area (Å²) in [7, 11) is 1.51. The minimum Gasteiger partial charge on any atom is -0.467 e. The summed E-state index contributed by atoms with van der Waals surface area (Å²) in [6, 6.07) is 8.06. The van der Waals surface area contributed by atoms with Gasteiger partial charge >= 0.3 is 12.0 Å². The van der Waals surface area contributed by atoms with Crippen molar-refractivity contribution in [3.63, 3.8) is 0 Å². The van der Waals surface area contributed by atoms with Crippen molar-refractivity contribution in [2.24, 2.45) is 0 Å². The number of nitrogens with one attached hydrogen (secondary N) is 1. The number of ether oxygens (including phenoxy) is 2. The molecule has 0 bridgehead atoms. The van der Waals surface area contributed by atoms with Crippen LogP contribution in [0.3, 0.4) is 0 Å². The molecule has 0 saturated carbocycles. The number of nitrogens with zero attached hydrogens (tertiary/aromatic N) is 3. The van der Waals surface area contributed by atoms with Crippen LogP contribution in [0.15, 0.2) is 24.3 Å².